The van der Waals surface area contributed by atoms with E-state index in [1.54, 1.807) is 24.3 Å². The second kappa shape index (κ2) is 8.14. The summed E-state index contributed by atoms with van der Waals surface area (Å²) in [6.45, 7) is 4.18. The maximum Gasteiger partial charge on any atom is 0.315 e. The number of carbonyl (C=O) groups is 1. The van der Waals surface area contributed by atoms with Crippen LogP contribution in [0, 0.1) is 0 Å². The third kappa shape index (κ3) is 4.71. The van der Waals surface area contributed by atoms with Crippen LogP contribution in [0.5, 0.6) is 0 Å². The minimum Gasteiger partial charge on any atom is -0.335 e. The number of amides is 2. The zero-order valence-corrected chi connectivity index (χ0v) is 14.4. The van der Waals surface area contributed by atoms with Crippen LogP contribution in [0.2, 0.25) is 0 Å². The smallest absolute Gasteiger partial charge is 0.315 e. The first kappa shape index (κ1) is 18.4. The van der Waals surface area contributed by atoms with Crippen LogP contribution in [0.15, 0.2) is 29.2 Å². The van der Waals surface area contributed by atoms with Gasteiger partial charge >= 0.3 is 6.03 Å². The van der Waals surface area contributed by atoms with Crippen molar-refractivity contribution in [1.29, 1.82) is 0 Å². The first-order valence-electron chi connectivity index (χ1n) is 7.37. The number of sulfonamides is 1. The molecule has 7 heteroatoms. The number of urea groups is 1. The van der Waals surface area contributed by atoms with Gasteiger partial charge in [0.1, 0.15) is 0 Å². The van der Waals surface area contributed by atoms with Crippen molar-refractivity contribution in [3.8, 4) is 0 Å². The summed E-state index contributed by atoms with van der Waals surface area (Å²) < 4.78 is 25.7. The van der Waals surface area contributed by atoms with Gasteiger partial charge in [-0.1, -0.05) is 32.0 Å². The van der Waals surface area contributed by atoms with Gasteiger partial charge in [0.05, 0.1) is 4.90 Å². The van der Waals surface area contributed by atoms with Crippen molar-refractivity contribution >= 4 is 16.1 Å². The Morgan fingerprint density at radius 1 is 1.18 bits per heavy atom. The predicted octanol–water partition coefficient (Wildman–Crippen LogP) is 1.92. The normalized spacial score (nSPS) is 11.7. The Morgan fingerprint density at radius 3 is 2.32 bits per heavy atom. The largest absolute Gasteiger partial charge is 0.335 e. The van der Waals surface area contributed by atoms with Crippen molar-refractivity contribution in [2.45, 2.75) is 44.2 Å². The predicted molar refractivity (Wildman–Crippen MR) is 87.1 cm³/mol. The molecule has 22 heavy (non-hydrogen) atoms. The van der Waals surface area contributed by atoms with E-state index < -0.39 is 10.0 Å². The number of benzene rings is 1. The highest BCUT2D eigenvalue weighted by Crippen LogP contribution is 2.18. The zero-order chi connectivity index (χ0) is 16.8. The topological polar surface area (TPSA) is 78.5 Å². The monoisotopic (exact) mass is 327 g/mol. The average Bonchev–Trinajstić information content (AvgIpc) is 2.50. The number of carbonyl (C=O) groups excluding carboxylic acids is 1. The second-order valence-corrected chi connectivity index (χ2v) is 7.36. The van der Waals surface area contributed by atoms with Gasteiger partial charge < -0.3 is 10.6 Å². The van der Waals surface area contributed by atoms with E-state index in [0.29, 0.717) is 5.56 Å². The van der Waals surface area contributed by atoms with Crippen LogP contribution in [0.1, 0.15) is 32.3 Å². The molecule has 124 valence electrons. The molecule has 1 aromatic carbocycles. The molecule has 0 fully saturated rings. The van der Waals surface area contributed by atoms with Crippen LogP contribution in [-0.2, 0) is 16.6 Å². The molecular weight excluding hydrogens is 302 g/mol. The van der Waals surface area contributed by atoms with Gasteiger partial charge in [0.2, 0.25) is 10.0 Å². The number of nitrogens with one attached hydrogen (secondary N) is 2. The average molecular weight is 327 g/mol. The molecule has 0 saturated carbocycles. The molecule has 0 saturated heterocycles. The van der Waals surface area contributed by atoms with E-state index in [4.69, 9.17) is 0 Å². The molecule has 6 nitrogen and oxygen atoms in total. The van der Waals surface area contributed by atoms with Crippen LogP contribution in [0.3, 0.4) is 0 Å². The van der Waals surface area contributed by atoms with Crippen LogP contribution in [0.25, 0.3) is 0 Å². The van der Waals surface area contributed by atoms with Crippen molar-refractivity contribution < 1.29 is 13.2 Å². The summed E-state index contributed by atoms with van der Waals surface area (Å²) in [5.41, 5.74) is 0.566. The molecule has 0 radical (unpaired) electrons. The van der Waals surface area contributed by atoms with Crippen LogP contribution in [0.4, 0.5) is 4.79 Å². The number of nitrogens with zero attached hydrogens (tertiary/aromatic N) is 1. The molecule has 0 aliphatic rings. The summed E-state index contributed by atoms with van der Waals surface area (Å²) in [5.74, 6) is 0. The maximum absolute atomic E-state index is 12.3. The highest BCUT2D eigenvalue weighted by Gasteiger charge is 2.20. The van der Waals surface area contributed by atoms with Gasteiger partial charge in [0.15, 0.2) is 0 Å². The van der Waals surface area contributed by atoms with Gasteiger partial charge in [-0.05, 0) is 24.5 Å². The van der Waals surface area contributed by atoms with Crippen molar-refractivity contribution in [3.05, 3.63) is 29.8 Å². The van der Waals surface area contributed by atoms with E-state index in [0.717, 1.165) is 17.1 Å². The fourth-order valence-electron chi connectivity index (χ4n) is 2.00. The van der Waals surface area contributed by atoms with Gasteiger partial charge in [-0.15, -0.1) is 0 Å². The standard InChI is InChI=1S/C15H25N3O3S/c1-5-13(6-2)17-15(19)16-11-12-9-7-8-10-14(12)22(20,21)18(3)4/h7-10,13H,5-6,11H2,1-4H3,(H2,16,17,19). The van der Waals surface area contributed by atoms with Gasteiger partial charge in [0, 0.05) is 26.7 Å². The molecule has 0 unspecified atom stereocenters. The van der Waals surface area contributed by atoms with Gasteiger partial charge in [-0.2, -0.15) is 0 Å². The lowest BCUT2D eigenvalue weighted by atomic mass is 10.2. The van der Waals surface area contributed by atoms with E-state index in [9.17, 15) is 13.2 Å². The Balaban J connectivity index is 2.82. The summed E-state index contributed by atoms with van der Waals surface area (Å²) >= 11 is 0. The summed E-state index contributed by atoms with van der Waals surface area (Å²) in [4.78, 5) is 12.1. The minimum absolute atomic E-state index is 0.126. The highest BCUT2D eigenvalue weighted by atomic mass is 32.2. The number of rotatable bonds is 7. The molecule has 0 bridgehead atoms. The Bertz CT molecular complexity index is 596. The Kier molecular flexibility index (Phi) is 6.83. The van der Waals surface area contributed by atoms with E-state index in [1.807, 2.05) is 13.8 Å². The Morgan fingerprint density at radius 2 is 1.77 bits per heavy atom. The van der Waals surface area contributed by atoms with Gasteiger partial charge in [0.25, 0.3) is 0 Å². The third-order valence-electron chi connectivity index (χ3n) is 3.49. The lowest BCUT2D eigenvalue weighted by Crippen LogP contribution is -2.41. The fourth-order valence-corrected chi connectivity index (χ4v) is 3.12. The molecule has 0 spiro atoms. The molecule has 0 atom stereocenters. The molecule has 1 aromatic rings. The van der Waals surface area contributed by atoms with Crippen LogP contribution in [-0.4, -0.2) is 38.9 Å². The number of hydrogen-bond acceptors (Lipinski definition) is 3. The summed E-state index contributed by atoms with van der Waals surface area (Å²) in [6, 6.07) is 6.51. The second-order valence-electron chi connectivity index (χ2n) is 5.24. The van der Waals surface area contributed by atoms with Crippen molar-refractivity contribution in [3.63, 3.8) is 0 Å². The van der Waals surface area contributed by atoms with Crippen LogP contribution < -0.4 is 10.6 Å². The van der Waals surface area contributed by atoms with Crippen molar-refractivity contribution in [2.24, 2.45) is 0 Å². The molecule has 1 rings (SSSR count). The highest BCUT2D eigenvalue weighted by molar-refractivity contribution is 7.89. The quantitative estimate of drug-likeness (QED) is 0.803. The van der Waals surface area contributed by atoms with Crippen molar-refractivity contribution in [1.82, 2.24) is 14.9 Å². The van der Waals surface area contributed by atoms with E-state index in [1.165, 1.54) is 14.1 Å². The lowest BCUT2D eigenvalue weighted by Gasteiger charge is -2.17. The van der Waals surface area contributed by atoms with E-state index >= 15 is 0 Å². The molecule has 0 aliphatic carbocycles. The van der Waals surface area contributed by atoms with Gasteiger partial charge in [-0.25, -0.2) is 17.5 Å². The van der Waals surface area contributed by atoms with E-state index in [-0.39, 0.29) is 23.5 Å². The molecule has 0 aromatic heterocycles. The third-order valence-corrected chi connectivity index (χ3v) is 5.41. The summed E-state index contributed by atoms with van der Waals surface area (Å²) in [7, 11) is -0.555. The molecule has 2 amide bonds. The molecular formula is C15H25N3O3S. The van der Waals surface area contributed by atoms with Gasteiger partial charge in [-0.3, -0.25) is 0 Å². The minimum atomic E-state index is -3.53. The van der Waals surface area contributed by atoms with Crippen molar-refractivity contribution in [2.75, 3.05) is 14.1 Å². The Labute approximate surface area is 132 Å². The summed E-state index contributed by atoms with van der Waals surface area (Å²) in [6.07, 6.45) is 1.71. The first-order chi connectivity index (χ1) is 10.3. The first-order valence-corrected chi connectivity index (χ1v) is 8.81. The van der Waals surface area contributed by atoms with Crippen LogP contribution >= 0.6 is 0 Å². The SMILES string of the molecule is CCC(CC)NC(=O)NCc1ccccc1S(=O)(=O)N(C)C. The number of hydrogen-bond donors (Lipinski definition) is 2. The Hall–Kier alpha value is -1.60. The molecule has 0 heterocycles. The lowest BCUT2D eigenvalue weighted by molar-refractivity contribution is 0.235. The maximum atomic E-state index is 12.3. The fraction of sp³-hybridized carbons (Fsp3) is 0.533. The zero-order valence-electron chi connectivity index (χ0n) is 13.6. The molecule has 0 aliphatic heterocycles. The summed E-state index contributed by atoms with van der Waals surface area (Å²) in [5, 5.41) is 5.57. The molecule has 2 N–H and O–H groups in total. The van der Waals surface area contributed by atoms with E-state index in [2.05, 4.69) is 10.6 Å².